The highest BCUT2D eigenvalue weighted by Crippen LogP contribution is 2.54. The standard InChI is InChI=1S/C51H38N2O/c1-5-6-15-33-25-24-30(2)45(31(33)3)46-32(4)47-42(37-18-9-10-19-38(37)48(47)40-21-12-11-20-39(40)46)29-43-49(36-27-26-34-16-7-8-17-35(34)28-36)53-51-50(52-43)41-22-13-14-23-44(41)54-51/h5-28,42H,1,29H2,2-4H3/b15-6-. The first-order chi connectivity index (χ1) is 26.5. The van der Waals surface area contributed by atoms with Crippen molar-refractivity contribution in [2.75, 3.05) is 0 Å². The molecule has 1 unspecified atom stereocenters. The molecule has 10 rings (SSSR count). The summed E-state index contributed by atoms with van der Waals surface area (Å²) in [5.41, 5.74) is 18.1. The van der Waals surface area contributed by atoms with Crippen LogP contribution in [-0.2, 0) is 6.42 Å². The van der Waals surface area contributed by atoms with Gasteiger partial charge >= 0.3 is 0 Å². The van der Waals surface area contributed by atoms with E-state index in [9.17, 15) is 0 Å². The number of nitrogens with zero attached hydrogens (tertiary/aromatic N) is 2. The third kappa shape index (κ3) is 4.89. The molecule has 54 heavy (non-hydrogen) atoms. The first-order valence-corrected chi connectivity index (χ1v) is 18.7. The predicted octanol–water partition coefficient (Wildman–Crippen LogP) is 13.5. The lowest BCUT2D eigenvalue weighted by Gasteiger charge is -2.24. The number of aryl methyl sites for hydroxylation is 1. The summed E-state index contributed by atoms with van der Waals surface area (Å²) in [6.45, 7) is 10.8. The fraction of sp³-hybridized carbons (Fsp3) is 0.0980. The quantitative estimate of drug-likeness (QED) is 0.163. The van der Waals surface area contributed by atoms with E-state index in [0.717, 1.165) is 33.4 Å². The molecule has 0 saturated heterocycles. The monoisotopic (exact) mass is 694 g/mol. The van der Waals surface area contributed by atoms with Crippen molar-refractivity contribution in [3.05, 3.63) is 185 Å². The van der Waals surface area contributed by atoms with Gasteiger partial charge in [0.15, 0.2) is 0 Å². The molecule has 7 aromatic carbocycles. The second-order valence-corrected chi connectivity index (χ2v) is 14.6. The zero-order valence-electron chi connectivity index (χ0n) is 30.7. The van der Waals surface area contributed by atoms with Gasteiger partial charge in [-0.05, 0) is 116 Å². The molecule has 3 heteroatoms. The average molecular weight is 695 g/mol. The summed E-state index contributed by atoms with van der Waals surface area (Å²) < 4.78 is 6.34. The highest BCUT2D eigenvalue weighted by atomic mass is 16.3. The Morgan fingerprint density at radius 3 is 2.22 bits per heavy atom. The molecule has 0 N–H and O–H groups in total. The minimum Gasteiger partial charge on any atom is -0.436 e. The van der Waals surface area contributed by atoms with Gasteiger partial charge in [-0.1, -0.05) is 134 Å². The van der Waals surface area contributed by atoms with Crippen molar-refractivity contribution in [3.63, 3.8) is 0 Å². The van der Waals surface area contributed by atoms with Gasteiger partial charge in [-0.25, -0.2) is 9.97 Å². The van der Waals surface area contributed by atoms with E-state index in [1.165, 1.54) is 77.2 Å². The first kappa shape index (κ1) is 32.1. The van der Waals surface area contributed by atoms with Crippen molar-refractivity contribution in [1.82, 2.24) is 9.97 Å². The van der Waals surface area contributed by atoms with E-state index < -0.39 is 0 Å². The molecule has 3 nitrogen and oxygen atoms in total. The Labute approximate surface area is 315 Å². The zero-order valence-corrected chi connectivity index (χ0v) is 30.7. The zero-order chi connectivity index (χ0) is 36.5. The number of aromatic nitrogens is 2. The van der Waals surface area contributed by atoms with Crippen LogP contribution in [0.5, 0.6) is 0 Å². The Morgan fingerprint density at radius 2 is 1.39 bits per heavy atom. The first-order valence-electron chi connectivity index (χ1n) is 18.7. The lowest BCUT2D eigenvalue weighted by atomic mass is 9.80. The van der Waals surface area contributed by atoms with Gasteiger partial charge < -0.3 is 4.42 Å². The second kappa shape index (κ2) is 12.5. The van der Waals surface area contributed by atoms with Crippen LogP contribution in [0.2, 0.25) is 0 Å². The third-order valence-corrected chi connectivity index (χ3v) is 11.6. The number of hydrogen-bond acceptors (Lipinski definition) is 3. The van der Waals surface area contributed by atoms with Crippen LogP contribution in [-0.4, -0.2) is 9.97 Å². The molecule has 0 aliphatic heterocycles. The molecule has 1 aliphatic carbocycles. The van der Waals surface area contributed by atoms with E-state index in [2.05, 4.69) is 143 Å². The summed E-state index contributed by atoms with van der Waals surface area (Å²) in [6.07, 6.45) is 6.72. The Kier molecular flexibility index (Phi) is 7.45. The summed E-state index contributed by atoms with van der Waals surface area (Å²) in [6, 6.07) is 45.7. The molecule has 0 radical (unpaired) electrons. The maximum atomic E-state index is 6.34. The molecule has 0 spiro atoms. The average Bonchev–Trinajstić information content (AvgIpc) is 3.74. The fourth-order valence-corrected chi connectivity index (χ4v) is 9.09. The molecule has 258 valence electrons. The van der Waals surface area contributed by atoms with Crippen LogP contribution in [0.1, 0.15) is 45.0 Å². The number of allylic oxidation sites excluding steroid dienone is 2. The van der Waals surface area contributed by atoms with E-state index in [-0.39, 0.29) is 5.92 Å². The van der Waals surface area contributed by atoms with Crippen LogP contribution < -0.4 is 0 Å². The van der Waals surface area contributed by atoms with Gasteiger partial charge in [0.1, 0.15) is 11.1 Å². The Hall–Kier alpha value is -6.58. The fourth-order valence-electron chi connectivity index (χ4n) is 9.09. The van der Waals surface area contributed by atoms with Crippen LogP contribution in [0.3, 0.4) is 0 Å². The molecular weight excluding hydrogens is 657 g/mol. The molecule has 1 atom stereocenters. The van der Waals surface area contributed by atoms with Gasteiger partial charge in [0.2, 0.25) is 5.71 Å². The summed E-state index contributed by atoms with van der Waals surface area (Å²) >= 11 is 0. The van der Waals surface area contributed by atoms with Crippen LogP contribution in [0.15, 0.2) is 151 Å². The normalized spacial score (nSPS) is 13.7. The summed E-state index contributed by atoms with van der Waals surface area (Å²) in [4.78, 5) is 10.8. The lowest BCUT2D eigenvalue weighted by molar-refractivity contribution is 0.652. The molecule has 0 saturated carbocycles. The minimum absolute atomic E-state index is 0.0631. The highest BCUT2D eigenvalue weighted by Gasteiger charge is 2.35. The van der Waals surface area contributed by atoms with Gasteiger partial charge in [0.05, 0.1) is 11.4 Å². The van der Waals surface area contributed by atoms with Gasteiger partial charge in [-0.2, -0.15) is 0 Å². The van der Waals surface area contributed by atoms with Gasteiger partial charge in [-0.15, -0.1) is 0 Å². The van der Waals surface area contributed by atoms with Crippen molar-refractivity contribution in [2.24, 2.45) is 0 Å². The molecular formula is C51H38N2O. The third-order valence-electron chi connectivity index (χ3n) is 11.6. The smallest absolute Gasteiger partial charge is 0.246 e. The van der Waals surface area contributed by atoms with Gasteiger partial charge in [-0.3, -0.25) is 0 Å². The van der Waals surface area contributed by atoms with Crippen molar-refractivity contribution >= 4 is 49.8 Å². The van der Waals surface area contributed by atoms with E-state index in [4.69, 9.17) is 14.4 Å². The largest absolute Gasteiger partial charge is 0.436 e. The van der Waals surface area contributed by atoms with E-state index in [1.54, 1.807) is 0 Å². The predicted molar refractivity (Wildman–Crippen MR) is 226 cm³/mol. The Bertz CT molecular complexity index is 3030. The van der Waals surface area contributed by atoms with E-state index in [0.29, 0.717) is 12.1 Å². The van der Waals surface area contributed by atoms with Crippen molar-refractivity contribution < 1.29 is 4.42 Å². The highest BCUT2D eigenvalue weighted by molar-refractivity contribution is 6.11. The lowest BCUT2D eigenvalue weighted by Crippen LogP contribution is -2.09. The molecule has 0 fully saturated rings. The molecule has 2 aromatic heterocycles. The molecule has 9 aromatic rings. The maximum Gasteiger partial charge on any atom is 0.246 e. The number of furan rings is 1. The SMILES string of the molecule is C=C/C=C\c1ccc(C)c(-c2c(C)c3c(c4ccccc24)-c2ccccc2C3Cc2nc3c(nc2-c2ccc4ccccc4c2)oc2ccccc23)c1C. The Balaban J connectivity index is 1.25. The van der Waals surface area contributed by atoms with E-state index in [1.807, 2.05) is 30.4 Å². The minimum atomic E-state index is 0.0631. The summed E-state index contributed by atoms with van der Waals surface area (Å²) in [7, 11) is 0. The van der Waals surface area contributed by atoms with Crippen LogP contribution in [0, 0.1) is 20.8 Å². The number of fused-ring (bicyclic) bond motifs is 9. The van der Waals surface area contributed by atoms with Crippen LogP contribution >= 0.6 is 0 Å². The van der Waals surface area contributed by atoms with Crippen molar-refractivity contribution in [2.45, 2.75) is 33.1 Å². The molecule has 0 amide bonds. The van der Waals surface area contributed by atoms with Crippen LogP contribution in [0.4, 0.5) is 0 Å². The maximum absolute atomic E-state index is 6.34. The summed E-state index contributed by atoms with van der Waals surface area (Å²) in [5.74, 6) is 0.0631. The van der Waals surface area contributed by atoms with Crippen molar-refractivity contribution in [1.29, 1.82) is 0 Å². The number of hydrogen-bond donors (Lipinski definition) is 0. The summed E-state index contributed by atoms with van der Waals surface area (Å²) in [5, 5.41) is 5.92. The molecule has 2 heterocycles. The van der Waals surface area contributed by atoms with Crippen molar-refractivity contribution in [3.8, 4) is 33.5 Å². The number of para-hydroxylation sites is 1. The topological polar surface area (TPSA) is 38.9 Å². The number of benzene rings is 7. The molecule has 0 bridgehead atoms. The molecule has 1 aliphatic rings. The Morgan fingerprint density at radius 1 is 0.667 bits per heavy atom. The number of rotatable bonds is 6. The van der Waals surface area contributed by atoms with E-state index >= 15 is 0 Å². The van der Waals surface area contributed by atoms with Crippen LogP contribution in [0.25, 0.3) is 83.3 Å². The van der Waals surface area contributed by atoms with Gasteiger partial charge in [0, 0.05) is 23.3 Å². The second-order valence-electron chi connectivity index (χ2n) is 14.6. The van der Waals surface area contributed by atoms with Gasteiger partial charge in [0.25, 0.3) is 0 Å².